The molecule has 0 aliphatic heterocycles. The highest BCUT2D eigenvalue weighted by atomic mass is 32.2. The van der Waals surface area contributed by atoms with Crippen LogP contribution in [0.1, 0.15) is 26.2 Å². The van der Waals surface area contributed by atoms with Crippen LogP contribution in [0.2, 0.25) is 0 Å². The van der Waals surface area contributed by atoms with Gasteiger partial charge in [-0.3, -0.25) is 4.79 Å². The average Bonchev–Trinajstić information content (AvgIpc) is 2.39. The second kappa shape index (κ2) is 8.58. The van der Waals surface area contributed by atoms with Crippen LogP contribution in [-0.2, 0) is 9.59 Å². The average molecular weight is 281 g/mol. The van der Waals surface area contributed by atoms with Crippen molar-refractivity contribution in [2.75, 3.05) is 5.75 Å². The third-order valence-corrected chi connectivity index (χ3v) is 3.57. The van der Waals surface area contributed by atoms with Crippen molar-refractivity contribution in [2.24, 2.45) is 0 Å². The predicted molar refractivity (Wildman–Crippen MR) is 76.3 cm³/mol. The molecule has 0 bridgehead atoms. The summed E-state index contributed by atoms with van der Waals surface area (Å²) in [7, 11) is 0. The lowest BCUT2D eigenvalue weighted by Gasteiger charge is -2.13. The maximum absolute atomic E-state index is 11.6. The fraction of sp³-hybridized carbons (Fsp3) is 0.429. The van der Waals surface area contributed by atoms with Crippen molar-refractivity contribution in [3.05, 3.63) is 30.3 Å². The van der Waals surface area contributed by atoms with E-state index >= 15 is 0 Å². The molecule has 1 amide bonds. The van der Waals surface area contributed by atoms with Crippen LogP contribution in [0.15, 0.2) is 35.2 Å². The van der Waals surface area contributed by atoms with E-state index in [1.165, 1.54) is 0 Å². The van der Waals surface area contributed by atoms with Gasteiger partial charge in [-0.05, 0) is 18.6 Å². The normalized spacial score (nSPS) is 11.8. The Morgan fingerprint density at radius 2 is 2.00 bits per heavy atom. The number of nitrogens with one attached hydrogen (secondary N) is 1. The van der Waals surface area contributed by atoms with Crippen LogP contribution in [0.25, 0.3) is 0 Å². The zero-order chi connectivity index (χ0) is 14.1. The molecule has 19 heavy (non-hydrogen) atoms. The fourth-order valence-electron chi connectivity index (χ4n) is 1.59. The SMILES string of the molecule is CCCC(NC(=O)CCSc1ccccc1)C(=O)O. The summed E-state index contributed by atoms with van der Waals surface area (Å²) in [5.41, 5.74) is 0. The highest BCUT2D eigenvalue weighted by molar-refractivity contribution is 7.99. The summed E-state index contributed by atoms with van der Waals surface area (Å²) >= 11 is 1.59. The van der Waals surface area contributed by atoms with E-state index < -0.39 is 12.0 Å². The quantitative estimate of drug-likeness (QED) is 0.719. The minimum Gasteiger partial charge on any atom is -0.480 e. The van der Waals surface area contributed by atoms with Crippen molar-refractivity contribution >= 4 is 23.6 Å². The van der Waals surface area contributed by atoms with Gasteiger partial charge in [0.1, 0.15) is 6.04 Å². The first kappa shape index (κ1) is 15.6. The van der Waals surface area contributed by atoms with Crippen molar-refractivity contribution in [2.45, 2.75) is 37.1 Å². The van der Waals surface area contributed by atoms with Crippen molar-refractivity contribution in [3.63, 3.8) is 0 Å². The first-order valence-corrected chi connectivity index (χ1v) is 7.32. The van der Waals surface area contributed by atoms with Crippen LogP contribution in [0.4, 0.5) is 0 Å². The topological polar surface area (TPSA) is 66.4 Å². The zero-order valence-corrected chi connectivity index (χ0v) is 11.8. The first-order valence-electron chi connectivity index (χ1n) is 6.33. The summed E-state index contributed by atoms with van der Waals surface area (Å²) in [4.78, 5) is 23.6. The number of carbonyl (C=O) groups is 2. The summed E-state index contributed by atoms with van der Waals surface area (Å²) < 4.78 is 0. The standard InChI is InChI=1S/C14H19NO3S/c1-2-6-12(14(17)18)15-13(16)9-10-19-11-7-4-3-5-8-11/h3-5,7-8,12H,2,6,9-10H2,1H3,(H,15,16)(H,17,18). The van der Waals surface area contributed by atoms with E-state index in [2.05, 4.69) is 5.32 Å². The molecule has 1 aromatic rings. The highest BCUT2D eigenvalue weighted by Gasteiger charge is 2.18. The minimum absolute atomic E-state index is 0.204. The molecular weight excluding hydrogens is 262 g/mol. The number of aliphatic carboxylic acids is 1. The molecule has 0 aromatic heterocycles. The van der Waals surface area contributed by atoms with Crippen LogP contribution in [0.5, 0.6) is 0 Å². The number of amides is 1. The highest BCUT2D eigenvalue weighted by Crippen LogP contribution is 2.17. The lowest BCUT2D eigenvalue weighted by Crippen LogP contribution is -2.40. The molecule has 5 heteroatoms. The summed E-state index contributed by atoms with van der Waals surface area (Å²) in [6, 6.07) is 9.05. The maximum atomic E-state index is 11.6. The van der Waals surface area contributed by atoms with Crippen molar-refractivity contribution in [3.8, 4) is 0 Å². The van der Waals surface area contributed by atoms with Gasteiger partial charge in [0.25, 0.3) is 0 Å². The van der Waals surface area contributed by atoms with E-state index in [0.29, 0.717) is 18.6 Å². The summed E-state index contributed by atoms with van der Waals surface area (Å²) in [6.07, 6.45) is 1.52. The molecule has 1 rings (SSSR count). The van der Waals surface area contributed by atoms with Crippen LogP contribution < -0.4 is 5.32 Å². The van der Waals surface area contributed by atoms with Gasteiger partial charge in [-0.25, -0.2) is 4.79 Å². The number of carboxylic acid groups (broad SMARTS) is 1. The first-order chi connectivity index (χ1) is 9.13. The van der Waals surface area contributed by atoms with Crippen LogP contribution >= 0.6 is 11.8 Å². The van der Waals surface area contributed by atoms with Gasteiger partial charge >= 0.3 is 5.97 Å². The minimum atomic E-state index is -0.967. The van der Waals surface area contributed by atoms with E-state index in [-0.39, 0.29) is 5.91 Å². The molecule has 0 aliphatic carbocycles. The van der Waals surface area contributed by atoms with E-state index in [1.54, 1.807) is 11.8 Å². The number of carboxylic acids is 1. The Kier molecular flexibility index (Phi) is 7.03. The number of benzene rings is 1. The lowest BCUT2D eigenvalue weighted by molar-refractivity contribution is -0.142. The molecule has 0 radical (unpaired) electrons. The Bertz CT molecular complexity index is 408. The number of carbonyl (C=O) groups excluding carboxylic acids is 1. The van der Waals surface area contributed by atoms with E-state index in [0.717, 1.165) is 11.3 Å². The largest absolute Gasteiger partial charge is 0.480 e. The molecule has 2 N–H and O–H groups in total. The van der Waals surface area contributed by atoms with Gasteiger partial charge in [0, 0.05) is 17.1 Å². The Morgan fingerprint density at radius 3 is 2.58 bits per heavy atom. The van der Waals surface area contributed by atoms with Gasteiger partial charge in [0.15, 0.2) is 0 Å². The van der Waals surface area contributed by atoms with Crippen LogP contribution in [0, 0.1) is 0 Å². The molecule has 0 fully saturated rings. The molecule has 0 aliphatic rings. The maximum Gasteiger partial charge on any atom is 0.326 e. The lowest BCUT2D eigenvalue weighted by atomic mass is 10.1. The Balaban J connectivity index is 2.29. The molecule has 1 aromatic carbocycles. The molecule has 104 valence electrons. The van der Waals surface area contributed by atoms with Crippen molar-refractivity contribution in [1.29, 1.82) is 0 Å². The number of thioether (sulfide) groups is 1. The molecule has 0 heterocycles. The molecule has 0 saturated heterocycles. The third kappa shape index (κ3) is 6.29. The predicted octanol–water partition coefficient (Wildman–Crippen LogP) is 2.54. The zero-order valence-electron chi connectivity index (χ0n) is 11.0. The number of rotatable bonds is 8. The monoisotopic (exact) mass is 281 g/mol. The van der Waals surface area contributed by atoms with Gasteiger partial charge in [-0.2, -0.15) is 0 Å². The van der Waals surface area contributed by atoms with Crippen LogP contribution in [0.3, 0.4) is 0 Å². The number of hydrogen-bond acceptors (Lipinski definition) is 3. The summed E-state index contributed by atoms with van der Waals surface area (Å²) in [5, 5.41) is 11.5. The second-order valence-electron chi connectivity index (χ2n) is 4.16. The van der Waals surface area contributed by atoms with Crippen molar-refractivity contribution in [1.82, 2.24) is 5.32 Å². The third-order valence-electron chi connectivity index (χ3n) is 2.55. The summed E-state index contributed by atoms with van der Waals surface area (Å²) in [5.74, 6) is -0.524. The van der Waals surface area contributed by atoms with Gasteiger partial charge in [-0.15, -0.1) is 11.8 Å². The Morgan fingerprint density at radius 1 is 1.32 bits per heavy atom. The molecule has 1 atom stereocenters. The molecule has 1 unspecified atom stereocenters. The van der Waals surface area contributed by atoms with Gasteiger partial charge < -0.3 is 10.4 Å². The van der Waals surface area contributed by atoms with Gasteiger partial charge in [0.05, 0.1) is 0 Å². The molecule has 0 spiro atoms. The van der Waals surface area contributed by atoms with E-state index in [9.17, 15) is 9.59 Å². The Labute approximate surface area is 117 Å². The smallest absolute Gasteiger partial charge is 0.326 e. The molecule has 0 saturated carbocycles. The molecular formula is C14H19NO3S. The fourth-order valence-corrected chi connectivity index (χ4v) is 2.46. The van der Waals surface area contributed by atoms with Crippen LogP contribution in [-0.4, -0.2) is 28.8 Å². The molecule has 4 nitrogen and oxygen atoms in total. The summed E-state index contributed by atoms with van der Waals surface area (Å²) in [6.45, 7) is 1.90. The Hall–Kier alpha value is -1.49. The second-order valence-corrected chi connectivity index (χ2v) is 5.33. The van der Waals surface area contributed by atoms with Crippen molar-refractivity contribution < 1.29 is 14.7 Å². The number of hydrogen-bond donors (Lipinski definition) is 2. The van der Waals surface area contributed by atoms with Gasteiger partial charge in [-0.1, -0.05) is 31.5 Å². The van der Waals surface area contributed by atoms with E-state index in [4.69, 9.17) is 5.11 Å². The van der Waals surface area contributed by atoms with E-state index in [1.807, 2.05) is 37.3 Å². The van der Waals surface area contributed by atoms with Gasteiger partial charge in [0.2, 0.25) is 5.91 Å².